The van der Waals surface area contributed by atoms with Crippen LogP contribution in [0.1, 0.15) is 49.7 Å². The van der Waals surface area contributed by atoms with Crippen LogP contribution in [0.5, 0.6) is 0 Å². The Morgan fingerprint density at radius 3 is 2.64 bits per heavy atom. The van der Waals surface area contributed by atoms with Gasteiger partial charge in [-0.1, -0.05) is 25.2 Å². The number of carbonyl (C=O) groups excluding carboxylic acids is 1. The molecule has 1 aliphatic heterocycles. The summed E-state index contributed by atoms with van der Waals surface area (Å²) in [5.41, 5.74) is 0.363. The van der Waals surface area contributed by atoms with Crippen LogP contribution in [0.25, 0.3) is 11.4 Å². The number of pyridine rings is 1. The number of halogens is 1. The van der Waals surface area contributed by atoms with Crippen molar-refractivity contribution in [2.75, 3.05) is 24.6 Å². The molecule has 1 aliphatic rings. The van der Waals surface area contributed by atoms with E-state index in [-0.39, 0.29) is 18.0 Å². The lowest BCUT2D eigenvalue weighted by molar-refractivity contribution is 0.0532. The Bertz CT molecular complexity index is 699. The second-order valence-corrected chi connectivity index (χ2v) is 6.25. The topological polar surface area (TPSA) is 55.3 Å². The van der Waals surface area contributed by atoms with Crippen LogP contribution in [-0.4, -0.2) is 35.6 Å². The van der Waals surface area contributed by atoms with E-state index in [1.807, 2.05) is 13.8 Å². The summed E-state index contributed by atoms with van der Waals surface area (Å²) in [6.45, 7) is 7.81. The molecule has 1 saturated heterocycles. The summed E-state index contributed by atoms with van der Waals surface area (Å²) in [4.78, 5) is 23.2. The molecule has 2 aromatic heterocycles. The van der Waals surface area contributed by atoms with Gasteiger partial charge in [-0.25, -0.2) is 14.2 Å². The van der Waals surface area contributed by atoms with Gasteiger partial charge in [0.15, 0.2) is 10.9 Å². The summed E-state index contributed by atoms with van der Waals surface area (Å²) in [7, 11) is 0. The van der Waals surface area contributed by atoms with Gasteiger partial charge in [0.25, 0.3) is 0 Å². The van der Waals surface area contributed by atoms with Gasteiger partial charge in [0.2, 0.25) is 0 Å². The first kappa shape index (κ1) is 19.3. The first-order valence-electron chi connectivity index (χ1n) is 8.74. The van der Waals surface area contributed by atoms with Gasteiger partial charge in [0, 0.05) is 19.3 Å². The maximum absolute atomic E-state index is 14.1. The Labute approximate surface area is 151 Å². The van der Waals surface area contributed by atoms with Crippen LogP contribution < -0.4 is 4.90 Å². The molecule has 0 radical (unpaired) electrons. The molecule has 0 aliphatic carbocycles. The molecule has 0 saturated carbocycles. The van der Waals surface area contributed by atoms with E-state index < -0.39 is 11.8 Å². The number of ether oxygens (including phenoxy) is 1. The molecule has 0 unspecified atom stereocenters. The third kappa shape index (κ3) is 4.54. The third-order valence-corrected chi connectivity index (χ3v) is 4.78. The molecule has 7 heteroatoms. The molecule has 3 heterocycles. The number of thiazole rings is 1. The number of carbonyl (C=O) groups is 1. The highest BCUT2D eigenvalue weighted by atomic mass is 32.1. The minimum Gasteiger partial charge on any atom is -0.462 e. The zero-order valence-electron chi connectivity index (χ0n) is 14.9. The molecule has 3 rings (SSSR count). The van der Waals surface area contributed by atoms with Crippen molar-refractivity contribution in [3.8, 4) is 11.4 Å². The molecule has 2 aromatic rings. The average molecular weight is 365 g/mol. The third-order valence-electron chi connectivity index (χ3n) is 3.69. The first-order chi connectivity index (χ1) is 12.2. The van der Waals surface area contributed by atoms with Crippen molar-refractivity contribution in [2.45, 2.75) is 40.0 Å². The fourth-order valence-corrected chi connectivity index (χ4v) is 3.60. The van der Waals surface area contributed by atoms with Crippen molar-refractivity contribution < 1.29 is 13.9 Å². The lowest BCUT2D eigenvalue weighted by Gasteiger charge is -2.25. The van der Waals surface area contributed by atoms with Crippen LogP contribution in [0, 0.1) is 5.82 Å². The highest BCUT2D eigenvalue weighted by molar-refractivity contribution is 7.17. The molecule has 0 atom stereocenters. The summed E-state index contributed by atoms with van der Waals surface area (Å²) in [6.07, 6.45) is 4.89. The fraction of sp³-hybridized carbons (Fsp3) is 0.500. The van der Waals surface area contributed by atoms with Gasteiger partial charge in [-0.3, -0.25) is 4.98 Å². The minimum absolute atomic E-state index is 0.0927. The monoisotopic (exact) mass is 365 g/mol. The van der Waals surface area contributed by atoms with Gasteiger partial charge in [-0.2, -0.15) is 0 Å². The lowest BCUT2D eigenvalue weighted by atomic mass is 10.1. The van der Waals surface area contributed by atoms with Gasteiger partial charge in [-0.15, -0.1) is 0 Å². The molecule has 25 heavy (non-hydrogen) atoms. The highest BCUT2D eigenvalue weighted by Gasteiger charge is 2.26. The standard InChI is InChI=1S/C16H18FN3O2S.C2H6/c1-2-22-15(21)14-13(12-11(17)7-6-8-18-12)19-16(23-14)20-9-4-3-5-10-20;1-2/h6-8H,2-5,9-10H2,1H3;1-2H3. The van der Waals surface area contributed by atoms with Crippen LogP contribution in [-0.2, 0) is 4.74 Å². The van der Waals surface area contributed by atoms with E-state index in [0.717, 1.165) is 31.1 Å². The number of esters is 1. The highest BCUT2D eigenvalue weighted by Crippen LogP contribution is 2.34. The van der Waals surface area contributed by atoms with Crippen molar-refractivity contribution in [3.05, 3.63) is 29.0 Å². The van der Waals surface area contributed by atoms with Crippen molar-refractivity contribution >= 4 is 22.4 Å². The van der Waals surface area contributed by atoms with E-state index in [2.05, 4.69) is 14.9 Å². The molecule has 0 amide bonds. The van der Waals surface area contributed by atoms with Crippen molar-refractivity contribution in [3.63, 3.8) is 0 Å². The summed E-state index contributed by atoms with van der Waals surface area (Å²) < 4.78 is 19.2. The number of hydrogen-bond donors (Lipinski definition) is 0. The summed E-state index contributed by atoms with van der Waals surface area (Å²) in [5.74, 6) is -0.971. The molecule has 0 N–H and O–H groups in total. The van der Waals surface area contributed by atoms with E-state index in [0.29, 0.717) is 4.88 Å². The Balaban J connectivity index is 0.00000109. The van der Waals surface area contributed by atoms with Crippen molar-refractivity contribution in [1.29, 1.82) is 0 Å². The molecule has 136 valence electrons. The van der Waals surface area contributed by atoms with Crippen LogP contribution >= 0.6 is 11.3 Å². The molecule has 5 nitrogen and oxygen atoms in total. The minimum atomic E-state index is -0.492. The second-order valence-electron chi connectivity index (χ2n) is 5.28. The average Bonchev–Trinajstić information content (AvgIpc) is 3.10. The quantitative estimate of drug-likeness (QED) is 0.745. The molecule has 0 bridgehead atoms. The van der Waals surface area contributed by atoms with Gasteiger partial charge in [-0.05, 0) is 38.3 Å². The summed E-state index contributed by atoms with van der Waals surface area (Å²) in [5, 5.41) is 0.729. The van der Waals surface area contributed by atoms with Gasteiger partial charge < -0.3 is 9.64 Å². The zero-order valence-corrected chi connectivity index (χ0v) is 15.7. The number of rotatable bonds is 4. The largest absolute Gasteiger partial charge is 0.462 e. The van der Waals surface area contributed by atoms with E-state index in [4.69, 9.17) is 4.74 Å². The molecule has 0 aromatic carbocycles. The van der Waals surface area contributed by atoms with Crippen LogP contribution in [0.15, 0.2) is 18.3 Å². The van der Waals surface area contributed by atoms with Gasteiger partial charge >= 0.3 is 5.97 Å². The van der Waals surface area contributed by atoms with Crippen LogP contribution in [0.3, 0.4) is 0 Å². The predicted octanol–water partition coefficient (Wildman–Crippen LogP) is 4.54. The van der Waals surface area contributed by atoms with Gasteiger partial charge in [0.1, 0.15) is 16.3 Å². The van der Waals surface area contributed by atoms with E-state index in [1.54, 1.807) is 6.92 Å². The maximum atomic E-state index is 14.1. The lowest BCUT2D eigenvalue weighted by Crippen LogP contribution is -2.29. The number of anilines is 1. The summed E-state index contributed by atoms with van der Waals surface area (Å²) in [6, 6.07) is 2.83. The van der Waals surface area contributed by atoms with Gasteiger partial charge in [0.05, 0.1) is 6.61 Å². The number of piperidine rings is 1. The molecular formula is C18H24FN3O2S. The molecule has 0 spiro atoms. The normalized spacial score (nSPS) is 13.8. The maximum Gasteiger partial charge on any atom is 0.350 e. The second kappa shape index (κ2) is 9.46. The van der Waals surface area contributed by atoms with Crippen LogP contribution in [0.2, 0.25) is 0 Å². The molecule has 1 fully saturated rings. The number of hydrogen-bond acceptors (Lipinski definition) is 6. The predicted molar refractivity (Wildman–Crippen MR) is 98.7 cm³/mol. The Kier molecular flexibility index (Phi) is 7.31. The number of aromatic nitrogens is 2. The van der Waals surface area contributed by atoms with E-state index >= 15 is 0 Å². The first-order valence-corrected chi connectivity index (χ1v) is 9.56. The smallest absolute Gasteiger partial charge is 0.350 e. The van der Waals surface area contributed by atoms with Crippen molar-refractivity contribution in [2.24, 2.45) is 0 Å². The summed E-state index contributed by atoms with van der Waals surface area (Å²) >= 11 is 1.25. The van der Waals surface area contributed by atoms with E-state index in [9.17, 15) is 9.18 Å². The zero-order chi connectivity index (χ0) is 18.2. The van der Waals surface area contributed by atoms with Crippen LogP contribution in [0.4, 0.5) is 9.52 Å². The fourth-order valence-electron chi connectivity index (χ4n) is 2.58. The Morgan fingerprint density at radius 2 is 2.00 bits per heavy atom. The van der Waals surface area contributed by atoms with Crippen molar-refractivity contribution in [1.82, 2.24) is 9.97 Å². The number of nitrogens with zero attached hydrogens (tertiary/aromatic N) is 3. The Morgan fingerprint density at radius 1 is 1.28 bits per heavy atom. The Hall–Kier alpha value is -2.02. The molecular weight excluding hydrogens is 341 g/mol. The SMILES string of the molecule is CC.CCOC(=O)c1sc(N2CCCCC2)nc1-c1ncccc1F. The van der Waals surface area contributed by atoms with E-state index in [1.165, 1.54) is 36.1 Å².